The molecule has 0 aromatic carbocycles. The first kappa shape index (κ1) is 10.1. The van der Waals surface area contributed by atoms with Crippen LogP contribution >= 0.6 is 11.6 Å². The Balaban J connectivity index is 3.49. The van der Waals surface area contributed by atoms with Crippen molar-refractivity contribution in [2.24, 2.45) is 5.73 Å². The molecule has 0 aromatic heterocycles. The summed E-state index contributed by atoms with van der Waals surface area (Å²) in [5.41, 5.74) is 5.19. The zero-order chi connectivity index (χ0) is 7.98. The summed E-state index contributed by atoms with van der Waals surface area (Å²) in [5.74, 6) is 1.08. The Morgan fingerprint density at radius 3 is 2.80 bits per heavy atom. The second-order valence-corrected chi connectivity index (χ2v) is 4.11. The lowest BCUT2D eigenvalue weighted by atomic mass is 10.6. The van der Waals surface area contributed by atoms with Crippen LogP contribution in [0.2, 0.25) is 0 Å². The molecule has 0 fully saturated rings. The zero-order valence-corrected chi connectivity index (χ0v) is 7.54. The lowest BCUT2D eigenvalue weighted by Crippen LogP contribution is -2.11. The van der Waals surface area contributed by atoms with Gasteiger partial charge in [-0.2, -0.15) is 0 Å². The zero-order valence-electron chi connectivity index (χ0n) is 5.97. The Kier molecular flexibility index (Phi) is 5.97. The molecule has 1 unspecified atom stereocenters. The molecule has 10 heavy (non-hydrogen) atoms. The van der Waals surface area contributed by atoms with Gasteiger partial charge in [0.05, 0.1) is 0 Å². The maximum absolute atomic E-state index is 10.9. The molecule has 60 valence electrons. The fourth-order valence-corrected chi connectivity index (χ4v) is 1.46. The third kappa shape index (κ3) is 6.26. The summed E-state index contributed by atoms with van der Waals surface area (Å²) >= 11 is 5.52. The number of hydrogen-bond acceptors (Lipinski definition) is 2. The van der Waals surface area contributed by atoms with E-state index >= 15 is 0 Å². The van der Waals surface area contributed by atoms with Crippen molar-refractivity contribution in [3.8, 4) is 0 Å². The van der Waals surface area contributed by atoms with Crippen LogP contribution in [0.15, 0.2) is 11.1 Å². The van der Waals surface area contributed by atoms with Crippen LogP contribution in [0.25, 0.3) is 0 Å². The summed E-state index contributed by atoms with van der Waals surface area (Å²) in [6.07, 6.45) is 1.74. The Bertz CT molecular complexity index is 143. The van der Waals surface area contributed by atoms with Crippen molar-refractivity contribution in [3.05, 3.63) is 11.1 Å². The third-order valence-electron chi connectivity index (χ3n) is 0.896. The lowest BCUT2D eigenvalue weighted by molar-refractivity contribution is 0.684. The molecule has 2 nitrogen and oxygen atoms in total. The molecule has 4 heteroatoms. The van der Waals surface area contributed by atoms with Gasteiger partial charge in [-0.05, 0) is 6.92 Å². The molecule has 0 aliphatic heterocycles. The van der Waals surface area contributed by atoms with Crippen molar-refractivity contribution in [1.82, 2.24) is 0 Å². The van der Waals surface area contributed by atoms with E-state index in [-0.39, 0.29) is 0 Å². The average molecular weight is 182 g/mol. The summed E-state index contributed by atoms with van der Waals surface area (Å²) < 4.78 is 10.9. The minimum Gasteiger partial charge on any atom is -0.330 e. The van der Waals surface area contributed by atoms with Crippen LogP contribution in [0.3, 0.4) is 0 Å². The van der Waals surface area contributed by atoms with E-state index in [1.807, 2.05) is 0 Å². The van der Waals surface area contributed by atoms with Gasteiger partial charge < -0.3 is 5.73 Å². The van der Waals surface area contributed by atoms with Crippen molar-refractivity contribution in [2.45, 2.75) is 6.92 Å². The molecule has 0 saturated heterocycles. The highest BCUT2D eigenvalue weighted by atomic mass is 35.5. The van der Waals surface area contributed by atoms with Gasteiger partial charge in [0.15, 0.2) is 0 Å². The second-order valence-electron chi connectivity index (χ2n) is 1.89. The van der Waals surface area contributed by atoms with E-state index in [0.717, 1.165) is 0 Å². The molecule has 0 aliphatic rings. The van der Waals surface area contributed by atoms with Crippen LogP contribution in [0.4, 0.5) is 0 Å². The van der Waals surface area contributed by atoms with Gasteiger partial charge in [-0.1, -0.05) is 17.7 Å². The predicted molar refractivity (Wildman–Crippen MR) is 46.5 cm³/mol. The van der Waals surface area contributed by atoms with Crippen molar-refractivity contribution < 1.29 is 4.21 Å². The molecule has 1 atom stereocenters. The van der Waals surface area contributed by atoms with Crippen LogP contribution in [0.1, 0.15) is 6.92 Å². The van der Waals surface area contributed by atoms with Gasteiger partial charge in [0.2, 0.25) is 0 Å². The first-order valence-corrected chi connectivity index (χ1v) is 4.90. The Morgan fingerprint density at radius 1 is 1.80 bits per heavy atom. The molecule has 0 rings (SSSR count). The normalized spacial score (nSPS) is 15.3. The number of halogens is 1. The van der Waals surface area contributed by atoms with Crippen molar-refractivity contribution in [1.29, 1.82) is 0 Å². The molecule has 0 radical (unpaired) electrons. The van der Waals surface area contributed by atoms with Crippen molar-refractivity contribution in [3.63, 3.8) is 0 Å². The van der Waals surface area contributed by atoms with Gasteiger partial charge in [-0.3, -0.25) is 4.21 Å². The first-order valence-electron chi connectivity index (χ1n) is 3.04. The highest BCUT2D eigenvalue weighted by Crippen LogP contribution is 1.97. The Morgan fingerprint density at radius 2 is 2.40 bits per heavy atom. The van der Waals surface area contributed by atoms with Crippen molar-refractivity contribution in [2.75, 3.05) is 18.1 Å². The minimum atomic E-state index is -0.826. The topological polar surface area (TPSA) is 43.1 Å². The fourth-order valence-electron chi connectivity index (χ4n) is 0.423. The first-order chi connectivity index (χ1) is 4.66. The Labute approximate surface area is 68.9 Å². The molecule has 2 N–H and O–H groups in total. The lowest BCUT2D eigenvalue weighted by Gasteiger charge is -1.93. The highest BCUT2D eigenvalue weighted by Gasteiger charge is 1.93. The molecule has 0 spiro atoms. The van der Waals surface area contributed by atoms with E-state index in [0.29, 0.717) is 23.1 Å². The molecule has 0 amide bonds. The molecular formula is C6H12ClNOS. The maximum atomic E-state index is 10.9. The highest BCUT2D eigenvalue weighted by molar-refractivity contribution is 7.85. The van der Waals surface area contributed by atoms with Gasteiger partial charge in [0, 0.05) is 33.9 Å². The van der Waals surface area contributed by atoms with Crippen LogP contribution in [0, 0.1) is 0 Å². The maximum Gasteiger partial charge on any atom is 0.0429 e. The smallest absolute Gasteiger partial charge is 0.0429 e. The van der Waals surface area contributed by atoms with Crippen LogP contribution in [0.5, 0.6) is 0 Å². The Hall–Kier alpha value is 0.140. The predicted octanol–water partition coefficient (Wildman–Crippen LogP) is 0.836. The van der Waals surface area contributed by atoms with Crippen LogP contribution in [-0.4, -0.2) is 22.3 Å². The molecule has 0 aromatic rings. The number of rotatable bonds is 4. The standard InChI is InChI=1S/C6H12ClNOS/c1-6(7)2-4-10(9)5-3-8/h2H,3-5,8H2,1H3/b6-2-. The number of nitrogens with two attached hydrogens (primary N) is 1. The number of allylic oxidation sites excluding steroid dienone is 1. The number of hydrogen-bond donors (Lipinski definition) is 1. The summed E-state index contributed by atoms with van der Waals surface area (Å²) in [6.45, 7) is 2.24. The fraction of sp³-hybridized carbons (Fsp3) is 0.667. The SMILES string of the molecule is C/C(Cl)=C/CS(=O)CCN. The molecular weight excluding hydrogens is 170 g/mol. The van der Waals surface area contributed by atoms with Gasteiger partial charge in [0.25, 0.3) is 0 Å². The summed E-state index contributed by atoms with van der Waals surface area (Å²) in [6, 6.07) is 0. The van der Waals surface area contributed by atoms with E-state index in [1.54, 1.807) is 13.0 Å². The molecule has 0 saturated carbocycles. The second kappa shape index (κ2) is 5.89. The molecule has 0 bridgehead atoms. The van der Waals surface area contributed by atoms with Gasteiger partial charge >= 0.3 is 0 Å². The van der Waals surface area contributed by atoms with E-state index in [9.17, 15) is 4.21 Å². The van der Waals surface area contributed by atoms with Gasteiger partial charge in [-0.25, -0.2) is 0 Å². The minimum absolute atomic E-state index is 0.474. The summed E-state index contributed by atoms with van der Waals surface area (Å²) in [5, 5.41) is 0.686. The summed E-state index contributed by atoms with van der Waals surface area (Å²) in [4.78, 5) is 0. The monoisotopic (exact) mass is 181 g/mol. The van der Waals surface area contributed by atoms with E-state index in [4.69, 9.17) is 17.3 Å². The van der Waals surface area contributed by atoms with E-state index < -0.39 is 10.8 Å². The van der Waals surface area contributed by atoms with Crippen molar-refractivity contribution >= 4 is 22.4 Å². The van der Waals surface area contributed by atoms with Crippen LogP contribution in [-0.2, 0) is 10.8 Å². The van der Waals surface area contributed by atoms with Crippen LogP contribution < -0.4 is 5.73 Å². The van der Waals surface area contributed by atoms with E-state index in [2.05, 4.69) is 0 Å². The van der Waals surface area contributed by atoms with Gasteiger partial charge in [-0.15, -0.1) is 0 Å². The average Bonchev–Trinajstić information content (AvgIpc) is 1.85. The quantitative estimate of drug-likeness (QED) is 0.699. The van der Waals surface area contributed by atoms with Gasteiger partial charge in [0.1, 0.15) is 0 Å². The third-order valence-corrected chi connectivity index (χ3v) is 2.28. The molecule has 0 heterocycles. The van der Waals surface area contributed by atoms with E-state index in [1.165, 1.54) is 0 Å². The summed E-state index contributed by atoms with van der Waals surface area (Å²) in [7, 11) is -0.826. The largest absolute Gasteiger partial charge is 0.330 e. The molecule has 0 aliphatic carbocycles.